The van der Waals surface area contributed by atoms with E-state index in [-0.39, 0.29) is 0 Å². The normalized spacial score (nSPS) is 20.1. The molecule has 1 aromatic heterocycles. The molecule has 0 saturated carbocycles. The molecule has 1 nitrogen and oxygen atoms in total. The number of benzene rings is 1. The van der Waals surface area contributed by atoms with E-state index in [1.165, 1.54) is 48.1 Å². The fraction of sp³-hybridized carbons (Fsp3) is 0.444. The van der Waals surface area contributed by atoms with Gasteiger partial charge in [-0.15, -0.1) is 11.3 Å². The van der Waals surface area contributed by atoms with Gasteiger partial charge in [-0.1, -0.05) is 23.8 Å². The van der Waals surface area contributed by atoms with Gasteiger partial charge in [0.1, 0.15) is 0 Å². The summed E-state index contributed by atoms with van der Waals surface area (Å²) in [5.41, 5.74) is 6.08. The molecule has 2 aliphatic rings. The van der Waals surface area contributed by atoms with Gasteiger partial charge in [0.25, 0.3) is 0 Å². The van der Waals surface area contributed by atoms with Gasteiger partial charge in [0.15, 0.2) is 0 Å². The molecule has 20 heavy (non-hydrogen) atoms. The molecule has 1 heterocycles. The van der Waals surface area contributed by atoms with Gasteiger partial charge >= 0.3 is 0 Å². The Bertz CT molecular complexity index is 619. The molecule has 0 fully saturated rings. The molecule has 4 rings (SSSR count). The average Bonchev–Trinajstić information content (AvgIpc) is 3.09. The Kier molecular flexibility index (Phi) is 3.16. The summed E-state index contributed by atoms with van der Waals surface area (Å²) in [4.78, 5) is 3.17. The Morgan fingerprint density at radius 1 is 1.15 bits per heavy atom. The summed E-state index contributed by atoms with van der Waals surface area (Å²) in [5.74, 6) is 0. The Morgan fingerprint density at radius 2 is 2.10 bits per heavy atom. The molecule has 1 aromatic carbocycles. The van der Waals surface area contributed by atoms with Crippen molar-refractivity contribution in [3.05, 3.63) is 56.3 Å². The zero-order valence-electron chi connectivity index (χ0n) is 12.0. The molecule has 2 aliphatic carbocycles. The highest BCUT2D eigenvalue weighted by atomic mass is 32.1. The monoisotopic (exact) mass is 283 g/mol. The van der Waals surface area contributed by atoms with E-state index in [0.29, 0.717) is 6.04 Å². The van der Waals surface area contributed by atoms with E-state index in [0.717, 1.165) is 6.54 Å². The van der Waals surface area contributed by atoms with Gasteiger partial charge in [-0.25, -0.2) is 0 Å². The predicted molar refractivity (Wildman–Crippen MR) is 85.4 cm³/mol. The summed E-state index contributed by atoms with van der Waals surface area (Å²) < 4.78 is 0. The molecule has 1 unspecified atom stereocenters. The minimum atomic E-state index is 0.557. The van der Waals surface area contributed by atoms with Crippen LogP contribution in [0, 0.1) is 6.92 Å². The molecule has 0 amide bonds. The summed E-state index contributed by atoms with van der Waals surface area (Å²) in [7, 11) is 0. The lowest BCUT2D eigenvalue weighted by molar-refractivity contribution is 0.533. The predicted octanol–water partition coefficient (Wildman–Crippen LogP) is 4.32. The van der Waals surface area contributed by atoms with Crippen molar-refractivity contribution < 1.29 is 0 Å². The highest BCUT2D eigenvalue weighted by Crippen LogP contribution is 2.34. The van der Waals surface area contributed by atoms with Crippen LogP contribution in [0.4, 0.5) is 0 Å². The third kappa shape index (κ3) is 2.21. The van der Waals surface area contributed by atoms with E-state index >= 15 is 0 Å². The van der Waals surface area contributed by atoms with Gasteiger partial charge in [0.05, 0.1) is 0 Å². The molecule has 1 atom stereocenters. The SMILES string of the molecule is Cc1ccc2c(c1)C(NCc1cc3c(s1)CCC3)CC2. The standard InChI is InChI=1S/C18H21NS/c1-12-5-6-13-7-8-17(16(13)9-12)19-11-15-10-14-3-2-4-18(14)20-15/h5-6,9-10,17,19H,2-4,7-8,11H2,1H3. The largest absolute Gasteiger partial charge is 0.305 e. The maximum absolute atomic E-state index is 3.78. The molecule has 0 aliphatic heterocycles. The topological polar surface area (TPSA) is 12.0 Å². The molecular formula is C18H21NS. The van der Waals surface area contributed by atoms with Crippen molar-refractivity contribution in [1.82, 2.24) is 5.32 Å². The van der Waals surface area contributed by atoms with E-state index in [2.05, 4.69) is 36.5 Å². The van der Waals surface area contributed by atoms with Crippen LogP contribution < -0.4 is 5.32 Å². The fourth-order valence-corrected chi connectivity index (χ4v) is 4.85. The molecule has 1 N–H and O–H groups in total. The van der Waals surface area contributed by atoms with Crippen LogP contribution in [0.3, 0.4) is 0 Å². The third-order valence-electron chi connectivity index (χ3n) is 4.70. The number of hydrogen-bond acceptors (Lipinski definition) is 2. The molecule has 104 valence electrons. The smallest absolute Gasteiger partial charge is 0.0329 e. The second-order valence-corrected chi connectivity index (χ2v) is 7.41. The van der Waals surface area contributed by atoms with Crippen molar-refractivity contribution in [3.63, 3.8) is 0 Å². The van der Waals surface area contributed by atoms with Crippen molar-refractivity contribution in [1.29, 1.82) is 0 Å². The lowest BCUT2D eigenvalue weighted by Gasteiger charge is -2.14. The highest BCUT2D eigenvalue weighted by molar-refractivity contribution is 7.12. The zero-order chi connectivity index (χ0) is 13.5. The maximum atomic E-state index is 3.78. The van der Waals surface area contributed by atoms with E-state index < -0.39 is 0 Å². The van der Waals surface area contributed by atoms with Crippen molar-refractivity contribution >= 4 is 11.3 Å². The molecule has 0 radical (unpaired) electrons. The van der Waals surface area contributed by atoms with E-state index in [1.807, 2.05) is 11.3 Å². The number of nitrogens with one attached hydrogen (secondary N) is 1. The third-order valence-corrected chi connectivity index (χ3v) is 5.94. The summed E-state index contributed by atoms with van der Waals surface area (Å²) >= 11 is 2.03. The molecular weight excluding hydrogens is 262 g/mol. The van der Waals surface area contributed by atoms with Crippen LogP contribution >= 0.6 is 11.3 Å². The summed E-state index contributed by atoms with van der Waals surface area (Å²) in [6.07, 6.45) is 6.46. The Hall–Kier alpha value is -1.12. The van der Waals surface area contributed by atoms with Crippen LogP contribution in [0.5, 0.6) is 0 Å². The second-order valence-electron chi connectivity index (χ2n) is 6.19. The summed E-state index contributed by atoms with van der Waals surface area (Å²) in [6.45, 7) is 3.23. The van der Waals surface area contributed by atoms with Gasteiger partial charge < -0.3 is 5.32 Å². The maximum Gasteiger partial charge on any atom is 0.0329 e. The Morgan fingerprint density at radius 3 is 3.00 bits per heavy atom. The van der Waals surface area contributed by atoms with E-state index in [9.17, 15) is 0 Å². The van der Waals surface area contributed by atoms with Gasteiger partial charge in [-0.3, -0.25) is 0 Å². The van der Waals surface area contributed by atoms with Crippen LogP contribution in [0.15, 0.2) is 24.3 Å². The first kappa shape index (κ1) is 12.6. The molecule has 2 aromatic rings. The first-order valence-corrected chi connectivity index (χ1v) is 8.54. The molecule has 0 spiro atoms. The first-order chi connectivity index (χ1) is 9.79. The number of aryl methyl sites for hydroxylation is 4. The van der Waals surface area contributed by atoms with Crippen LogP contribution in [0.1, 0.15) is 50.9 Å². The highest BCUT2D eigenvalue weighted by Gasteiger charge is 2.22. The summed E-state index contributed by atoms with van der Waals surface area (Å²) in [5, 5.41) is 3.78. The molecule has 0 saturated heterocycles. The number of rotatable bonds is 3. The van der Waals surface area contributed by atoms with Crippen LogP contribution in [0.25, 0.3) is 0 Å². The van der Waals surface area contributed by atoms with E-state index in [4.69, 9.17) is 0 Å². The van der Waals surface area contributed by atoms with Crippen molar-refractivity contribution in [2.45, 2.75) is 51.6 Å². The second kappa shape index (κ2) is 5.01. The lowest BCUT2D eigenvalue weighted by atomic mass is 10.1. The average molecular weight is 283 g/mol. The Labute approximate surface area is 125 Å². The number of hydrogen-bond donors (Lipinski definition) is 1. The lowest BCUT2D eigenvalue weighted by Crippen LogP contribution is -2.18. The van der Waals surface area contributed by atoms with Crippen LogP contribution in [-0.4, -0.2) is 0 Å². The van der Waals surface area contributed by atoms with Gasteiger partial charge in [0.2, 0.25) is 0 Å². The quantitative estimate of drug-likeness (QED) is 0.884. The van der Waals surface area contributed by atoms with Crippen LogP contribution in [-0.2, 0) is 25.8 Å². The van der Waals surface area contributed by atoms with E-state index in [1.54, 1.807) is 16.0 Å². The number of thiophene rings is 1. The minimum Gasteiger partial charge on any atom is -0.305 e. The zero-order valence-corrected chi connectivity index (χ0v) is 12.9. The first-order valence-electron chi connectivity index (χ1n) is 7.73. The van der Waals surface area contributed by atoms with Crippen molar-refractivity contribution in [2.75, 3.05) is 0 Å². The van der Waals surface area contributed by atoms with Crippen molar-refractivity contribution in [3.8, 4) is 0 Å². The van der Waals surface area contributed by atoms with Crippen molar-refractivity contribution in [2.24, 2.45) is 0 Å². The fourth-order valence-electron chi connectivity index (χ4n) is 3.64. The van der Waals surface area contributed by atoms with Gasteiger partial charge in [-0.2, -0.15) is 0 Å². The van der Waals surface area contributed by atoms with Gasteiger partial charge in [0, 0.05) is 22.3 Å². The number of fused-ring (bicyclic) bond motifs is 2. The summed E-state index contributed by atoms with van der Waals surface area (Å²) in [6, 6.07) is 9.92. The van der Waals surface area contributed by atoms with Gasteiger partial charge in [-0.05, 0) is 61.8 Å². The van der Waals surface area contributed by atoms with Crippen LogP contribution in [0.2, 0.25) is 0 Å². The minimum absolute atomic E-state index is 0.557. The molecule has 2 heteroatoms. The Balaban J connectivity index is 1.47. The molecule has 0 bridgehead atoms.